The smallest absolute Gasteiger partial charge is 0.340 e. The van der Waals surface area contributed by atoms with E-state index >= 15 is 0 Å². The van der Waals surface area contributed by atoms with Gasteiger partial charge in [-0.2, -0.15) is 5.26 Å². The van der Waals surface area contributed by atoms with E-state index in [-0.39, 0.29) is 12.2 Å². The van der Waals surface area contributed by atoms with Gasteiger partial charge in [-0.3, -0.25) is 4.79 Å². The first-order valence-corrected chi connectivity index (χ1v) is 8.89. The Labute approximate surface area is 164 Å². The van der Waals surface area contributed by atoms with Crippen molar-refractivity contribution in [3.8, 4) is 6.07 Å². The third-order valence-corrected chi connectivity index (χ3v) is 4.08. The third kappa shape index (κ3) is 4.98. The summed E-state index contributed by atoms with van der Waals surface area (Å²) < 4.78 is 5.02. The monoisotopic (exact) mass is 377 g/mol. The number of aryl methyl sites for hydroxylation is 3. The number of anilines is 2. The van der Waals surface area contributed by atoms with Crippen molar-refractivity contribution in [3.05, 3.63) is 70.4 Å². The third-order valence-electron chi connectivity index (χ3n) is 4.08. The van der Waals surface area contributed by atoms with E-state index in [9.17, 15) is 14.9 Å². The van der Waals surface area contributed by atoms with E-state index in [4.69, 9.17) is 4.74 Å². The average molecular weight is 377 g/mol. The Morgan fingerprint density at radius 3 is 2.39 bits per heavy atom. The van der Waals surface area contributed by atoms with E-state index in [0.717, 1.165) is 16.7 Å². The highest BCUT2D eigenvalue weighted by molar-refractivity contribution is 6.07. The summed E-state index contributed by atoms with van der Waals surface area (Å²) in [5, 5.41) is 15.0. The van der Waals surface area contributed by atoms with Crippen LogP contribution in [0.1, 0.15) is 34.0 Å². The Hall–Kier alpha value is -3.59. The topological polar surface area (TPSA) is 91.2 Å². The molecule has 0 aliphatic heterocycles. The second kappa shape index (κ2) is 9.38. The highest BCUT2D eigenvalue weighted by Crippen LogP contribution is 2.22. The maximum absolute atomic E-state index is 12.5. The molecule has 0 aliphatic rings. The molecule has 0 fully saturated rings. The molecule has 2 aromatic rings. The molecule has 0 aliphatic carbocycles. The van der Waals surface area contributed by atoms with Crippen molar-refractivity contribution in [3.63, 3.8) is 0 Å². The van der Waals surface area contributed by atoms with Crippen LogP contribution in [0.3, 0.4) is 0 Å². The van der Waals surface area contributed by atoms with Gasteiger partial charge in [-0.25, -0.2) is 4.79 Å². The quantitative estimate of drug-likeness (QED) is 0.446. The number of para-hydroxylation sites is 1. The Balaban J connectivity index is 2.23. The number of hydrogen-bond acceptors (Lipinski definition) is 5. The van der Waals surface area contributed by atoms with Gasteiger partial charge in [-0.1, -0.05) is 29.8 Å². The number of nitrogens with one attached hydrogen (secondary N) is 2. The second-order valence-electron chi connectivity index (χ2n) is 6.31. The van der Waals surface area contributed by atoms with E-state index in [1.807, 2.05) is 39.0 Å². The first kappa shape index (κ1) is 20.7. The van der Waals surface area contributed by atoms with E-state index in [0.29, 0.717) is 16.9 Å². The van der Waals surface area contributed by atoms with Crippen LogP contribution in [0.25, 0.3) is 0 Å². The van der Waals surface area contributed by atoms with E-state index in [1.54, 1.807) is 31.2 Å². The summed E-state index contributed by atoms with van der Waals surface area (Å²) in [6, 6.07) is 12.5. The minimum atomic E-state index is -0.529. The fourth-order valence-corrected chi connectivity index (χ4v) is 2.85. The standard InChI is InChI=1S/C22H23N3O3/c1-5-28-22(27)18-8-6-7-9-19(18)24-13-17(12-23)21(26)25-20-15(3)10-14(2)11-16(20)4/h6-11,13,24H,5H2,1-4H3,(H,25,26)/b17-13-. The van der Waals surface area contributed by atoms with Crippen LogP contribution >= 0.6 is 0 Å². The molecule has 6 heteroatoms. The minimum absolute atomic E-state index is 0.113. The van der Waals surface area contributed by atoms with Gasteiger partial charge < -0.3 is 15.4 Å². The summed E-state index contributed by atoms with van der Waals surface area (Å²) in [5.74, 6) is -1.01. The Kier molecular flexibility index (Phi) is 6.94. The molecule has 0 atom stereocenters. The van der Waals surface area contributed by atoms with Gasteiger partial charge in [0.15, 0.2) is 0 Å². The predicted molar refractivity (Wildman–Crippen MR) is 109 cm³/mol. The maximum Gasteiger partial charge on any atom is 0.340 e. The second-order valence-corrected chi connectivity index (χ2v) is 6.31. The fourth-order valence-electron chi connectivity index (χ4n) is 2.85. The van der Waals surface area contributed by atoms with Crippen LogP contribution in [-0.4, -0.2) is 18.5 Å². The number of carbonyl (C=O) groups is 2. The van der Waals surface area contributed by atoms with Gasteiger partial charge in [0.2, 0.25) is 0 Å². The fraction of sp³-hybridized carbons (Fsp3) is 0.227. The van der Waals surface area contributed by atoms with Crippen LogP contribution in [0, 0.1) is 32.1 Å². The summed E-state index contributed by atoms with van der Waals surface area (Å²) in [6.07, 6.45) is 1.28. The molecule has 0 heterocycles. The van der Waals surface area contributed by atoms with Gasteiger partial charge >= 0.3 is 5.97 Å². The van der Waals surface area contributed by atoms with Gasteiger partial charge in [-0.05, 0) is 51.0 Å². The molecule has 2 rings (SSSR count). The van der Waals surface area contributed by atoms with Crippen LogP contribution in [0.4, 0.5) is 11.4 Å². The summed E-state index contributed by atoms with van der Waals surface area (Å²) >= 11 is 0. The number of esters is 1. The Morgan fingerprint density at radius 2 is 1.79 bits per heavy atom. The average Bonchev–Trinajstić information content (AvgIpc) is 2.65. The molecule has 0 bridgehead atoms. The largest absolute Gasteiger partial charge is 0.462 e. The molecule has 0 spiro atoms. The first-order valence-electron chi connectivity index (χ1n) is 8.89. The first-order chi connectivity index (χ1) is 13.4. The summed E-state index contributed by atoms with van der Waals surface area (Å²) in [4.78, 5) is 24.6. The molecule has 28 heavy (non-hydrogen) atoms. The molecule has 2 N–H and O–H groups in total. The van der Waals surface area contributed by atoms with Crippen molar-refractivity contribution in [2.24, 2.45) is 0 Å². The summed E-state index contributed by atoms with van der Waals surface area (Å²) in [5.41, 5.74) is 4.28. The number of amides is 1. The van der Waals surface area contributed by atoms with Crippen LogP contribution < -0.4 is 10.6 Å². The number of rotatable bonds is 6. The van der Waals surface area contributed by atoms with Crippen LogP contribution in [0.2, 0.25) is 0 Å². The van der Waals surface area contributed by atoms with Gasteiger partial charge in [0.05, 0.1) is 17.9 Å². The van der Waals surface area contributed by atoms with Crippen LogP contribution in [0.5, 0.6) is 0 Å². The lowest BCUT2D eigenvalue weighted by Gasteiger charge is -2.13. The molecule has 0 radical (unpaired) electrons. The van der Waals surface area contributed by atoms with Crippen molar-refractivity contribution in [2.45, 2.75) is 27.7 Å². The molecule has 2 aromatic carbocycles. The molecule has 0 saturated heterocycles. The molecule has 144 valence electrons. The zero-order valence-electron chi connectivity index (χ0n) is 16.4. The van der Waals surface area contributed by atoms with Crippen LogP contribution in [0.15, 0.2) is 48.2 Å². The van der Waals surface area contributed by atoms with Gasteiger partial charge in [-0.15, -0.1) is 0 Å². The lowest BCUT2D eigenvalue weighted by Crippen LogP contribution is -2.16. The summed E-state index contributed by atoms with van der Waals surface area (Å²) in [7, 11) is 0. The van der Waals surface area contributed by atoms with Gasteiger partial charge in [0.25, 0.3) is 5.91 Å². The number of carbonyl (C=O) groups excluding carboxylic acids is 2. The molecular weight excluding hydrogens is 354 g/mol. The molecule has 0 aromatic heterocycles. The van der Waals surface area contributed by atoms with Gasteiger partial charge in [0, 0.05) is 11.9 Å². The number of benzene rings is 2. The normalized spacial score (nSPS) is 10.8. The van der Waals surface area contributed by atoms with Crippen molar-refractivity contribution >= 4 is 23.3 Å². The lowest BCUT2D eigenvalue weighted by atomic mass is 10.0. The molecule has 6 nitrogen and oxygen atoms in total. The molecular formula is C22H23N3O3. The minimum Gasteiger partial charge on any atom is -0.462 e. The number of nitriles is 1. The number of hydrogen-bond donors (Lipinski definition) is 2. The van der Waals surface area contributed by atoms with Crippen molar-refractivity contribution in [1.82, 2.24) is 0 Å². The van der Waals surface area contributed by atoms with Crippen LogP contribution in [-0.2, 0) is 9.53 Å². The van der Waals surface area contributed by atoms with Crippen molar-refractivity contribution in [1.29, 1.82) is 5.26 Å². The van der Waals surface area contributed by atoms with E-state index in [2.05, 4.69) is 10.6 Å². The molecule has 0 saturated carbocycles. The molecule has 0 unspecified atom stereocenters. The van der Waals surface area contributed by atoms with E-state index < -0.39 is 11.9 Å². The highest BCUT2D eigenvalue weighted by atomic mass is 16.5. The molecule has 1 amide bonds. The maximum atomic E-state index is 12.5. The summed E-state index contributed by atoms with van der Waals surface area (Å²) in [6.45, 7) is 7.76. The Morgan fingerprint density at radius 1 is 1.14 bits per heavy atom. The van der Waals surface area contributed by atoms with Crippen molar-refractivity contribution < 1.29 is 14.3 Å². The predicted octanol–water partition coefficient (Wildman–Crippen LogP) is 4.25. The number of nitrogens with zero attached hydrogens (tertiary/aromatic N) is 1. The highest BCUT2D eigenvalue weighted by Gasteiger charge is 2.14. The Bertz CT molecular complexity index is 948. The number of ether oxygens (including phenoxy) is 1. The van der Waals surface area contributed by atoms with E-state index in [1.165, 1.54) is 6.20 Å². The lowest BCUT2D eigenvalue weighted by molar-refractivity contribution is -0.112. The zero-order valence-corrected chi connectivity index (χ0v) is 16.4. The zero-order chi connectivity index (χ0) is 20.7. The van der Waals surface area contributed by atoms with Crippen molar-refractivity contribution in [2.75, 3.05) is 17.2 Å². The SMILES string of the molecule is CCOC(=O)c1ccccc1N/C=C(/C#N)C(=O)Nc1c(C)cc(C)cc1C. The van der Waals surface area contributed by atoms with Gasteiger partial charge in [0.1, 0.15) is 11.6 Å².